The van der Waals surface area contributed by atoms with Crippen molar-refractivity contribution in [2.24, 2.45) is 11.7 Å². The van der Waals surface area contributed by atoms with Crippen LogP contribution in [0.15, 0.2) is 24.4 Å². The minimum atomic E-state index is -0.327. The fourth-order valence-electron chi connectivity index (χ4n) is 2.41. The number of hydrogen-bond donors (Lipinski definition) is 1. The summed E-state index contributed by atoms with van der Waals surface area (Å²) in [5.41, 5.74) is 5.64. The number of carbonyl (C=O) groups excluding carboxylic acids is 1. The number of carbonyl (C=O) groups is 1. The SMILES string of the molecule is CCC(C(=O)N1CCN(c2ccccn2)CC1)C(N)=S. The summed E-state index contributed by atoms with van der Waals surface area (Å²) in [7, 11) is 0. The molecule has 1 aromatic rings. The minimum Gasteiger partial charge on any atom is -0.393 e. The molecule has 1 aliphatic rings. The Morgan fingerprint density at radius 1 is 1.40 bits per heavy atom. The van der Waals surface area contributed by atoms with Crippen molar-refractivity contribution >= 4 is 28.9 Å². The molecule has 0 bridgehead atoms. The summed E-state index contributed by atoms with van der Waals surface area (Å²) in [4.78, 5) is 21.0. The number of thiocarbonyl (C=S) groups is 1. The molecule has 2 heterocycles. The van der Waals surface area contributed by atoms with Crippen molar-refractivity contribution in [3.63, 3.8) is 0 Å². The van der Waals surface area contributed by atoms with E-state index in [1.807, 2.05) is 30.0 Å². The Morgan fingerprint density at radius 2 is 2.10 bits per heavy atom. The number of rotatable bonds is 4. The standard InChI is InChI=1S/C14H20N4OS/c1-2-11(13(15)20)14(19)18-9-7-17(8-10-18)12-5-3-4-6-16-12/h3-6,11H,2,7-10H2,1H3,(H2,15,20). The Bertz CT molecular complexity index is 471. The van der Waals surface area contributed by atoms with E-state index in [1.165, 1.54) is 0 Å². The topological polar surface area (TPSA) is 62.5 Å². The highest BCUT2D eigenvalue weighted by Gasteiger charge is 2.28. The molecule has 6 heteroatoms. The molecular weight excluding hydrogens is 272 g/mol. The monoisotopic (exact) mass is 292 g/mol. The lowest BCUT2D eigenvalue weighted by atomic mass is 10.0. The van der Waals surface area contributed by atoms with Gasteiger partial charge in [-0.25, -0.2) is 4.98 Å². The van der Waals surface area contributed by atoms with E-state index in [9.17, 15) is 4.79 Å². The van der Waals surface area contributed by atoms with Crippen molar-refractivity contribution in [3.05, 3.63) is 24.4 Å². The van der Waals surface area contributed by atoms with Gasteiger partial charge in [0.25, 0.3) is 0 Å². The van der Waals surface area contributed by atoms with Crippen LogP contribution in [0.4, 0.5) is 5.82 Å². The van der Waals surface area contributed by atoms with Crippen molar-refractivity contribution < 1.29 is 4.79 Å². The fraction of sp³-hybridized carbons (Fsp3) is 0.500. The zero-order valence-corrected chi connectivity index (χ0v) is 12.5. The van der Waals surface area contributed by atoms with Crippen LogP contribution in [0, 0.1) is 5.92 Å². The first-order chi connectivity index (χ1) is 9.63. The Morgan fingerprint density at radius 3 is 2.60 bits per heavy atom. The second-order valence-electron chi connectivity index (χ2n) is 4.86. The van der Waals surface area contributed by atoms with Gasteiger partial charge in [-0.2, -0.15) is 0 Å². The van der Waals surface area contributed by atoms with Crippen molar-refractivity contribution in [2.45, 2.75) is 13.3 Å². The summed E-state index contributed by atoms with van der Waals surface area (Å²) < 4.78 is 0. The Kier molecular flexibility index (Phi) is 4.89. The van der Waals surface area contributed by atoms with Gasteiger partial charge >= 0.3 is 0 Å². The quantitative estimate of drug-likeness (QED) is 0.840. The normalized spacial score (nSPS) is 16.9. The zero-order valence-electron chi connectivity index (χ0n) is 11.7. The molecule has 0 spiro atoms. The van der Waals surface area contributed by atoms with Gasteiger partial charge in [0.1, 0.15) is 5.82 Å². The average molecular weight is 292 g/mol. The molecule has 1 aromatic heterocycles. The van der Waals surface area contributed by atoms with E-state index < -0.39 is 0 Å². The zero-order chi connectivity index (χ0) is 14.5. The molecule has 1 amide bonds. The first kappa shape index (κ1) is 14.7. The van der Waals surface area contributed by atoms with Gasteiger partial charge in [0.2, 0.25) is 5.91 Å². The number of piperazine rings is 1. The smallest absolute Gasteiger partial charge is 0.232 e. The van der Waals surface area contributed by atoms with E-state index >= 15 is 0 Å². The lowest BCUT2D eigenvalue weighted by molar-refractivity contribution is -0.133. The fourth-order valence-corrected chi connectivity index (χ4v) is 2.68. The number of hydrogen-bond acceptors (Lipinski definition) is 4. The summed E-state index contributed by atoms with van der Waals surface area (Å²) in [5, 5.41) is 0. The molecule has 1 fully saturated rings. The van der Waals surface area contributed by atoms with Gasteiger partial charge < -0.3 is 15.5 Å². The molecule has 1 unspecified atom stereocenters. The second kappa shape index (κ2) is 6.65. The van der Waals surface area contributed by atoms with E-state index in [1.54, 1.807) is 6.20 Å². The van der Waals surface area contributed by atoms with E-state index in [4.69, 9.17) is 18.0 Å². The number of pyridine rings is 1. The third kappa shape index (κ3) is 3.25. The van der Waals surface area contributed by atoms with Crippen LogP contribution in [-0.4, -0.2) is 47.0 Å². The second-order valence-corrected chi connectivity index (χ2v) is 5.33. The molecule has 0 aliphatic carbocycles. The molecule has 1 aliphatic heterocycles. The largest absolute Gasteiger partial charge is 0.393 e. The first-order valence-corrected chi connectivity index (χ1v) is 7.28. The van der Waals surface area contributed by atoms with Crippen LogP contribution in [0.25, 0.3) is 0 Å². The van der Waals surface area contributed by atoms with Gasteiger partial charge in [0, 0.05) is 32.4 Å². The van der Waals surface area contributed by atoms with E-state index in [0.29, 0.717) is 24.5 Å². The van der Waals surface area contributed by atoms with Crippen LogP contribution in [0.3, 0.4) is 0 Å². The molecule has 0 aromatic carbocycles. The molecule has 2 rings (SSSR count). The Hall–Kier alpha value is -1.69. The van der Waals surface area contributed by atoms with Crippen molar-refractivity contribution in [3.8, 4) is 0 Å². The highest BCUT2D eigenvalue weighted by Crippen LogP contribution is 2.15. The summed E-state index contributed by atoms with van der Waals surface area (Å²) in [5.74, 6) is 0.688. The Balaban J connectivity index is 1.94. The van der Waals surface area contributed by atoms with Gasteiger partial charge in [-0.1, -0.05) is 25.2 Å². The summed E-state index contributed by atoms with van der Waals surface area (Å²) >= 11 is 4.97. The van der Waals surface area contributed by atoms with Crippen LogP contribution in [0.5, 0.6) is 0 Å². The van der Waals surface area contributed by atoms with E-state index in [-0.39, 0.29) is 11.8 Å². The van der Waals surface area contributed by atoms with Crippen LogP contribution < -0.4 is 10.6 Å². The summed E-state index contributed by atoms with van der Waals surface area (Å²) in [6.07, 6.45) is 2.45. The summed E-state index contributed by atoms with van der Waals surface area (Å²) in [6.45, 7) is 4.89. The predicted octanol–water partition coefficient (Wildman–Crippen LogP) is 1.04. The lowest BCUT2D eigenvalue weighted by Gasteiger charge is -2.36. The number of aromatic nitrogens is 1. The maximum atomic E-state index is 12.3. The minimum absolute atomic E-state index is 0.0562. The van der Waals surface area contributed by atoms with Crippen molar-refractivity contribution in [1.29, 1.82) is 0 Å². The van der Waals surface area contributed by atoms with E-state index in [0.717, 1.165) is 18.9 Å². The van der Waals surface area contributed by atoms with Crippen molar-refractivity contribution in [1.82, 2.24) is 9.88 Å². The third-order valence-corrected chi connectivity index (χ3v) is 3.90. The van der Waals surface area contributed by atoms with E-state index in [2.05, 4.69) is 9.88 Å². The molecule has 0 saturated carbocycles. The maximum Gasteiger partial charge on any atom is 0.232 e. The average Bonchev–Trinajstić information content (AvgIpc) is 2.48. The first-order valence-electron chi connectivity index (χ1n) is 6.87. The van der Waals surface area contributed by atoms with Gasteiger partial charge in [0.05, 0.1) is 10.9 Å². The molecular formula is C14H20N4OS. The van der Waals surface area contributed by atoms with Gasteiger partial charge in [-0.15, -0.1) is 0 Å². The molecule has 108 valence electrons. The van der Waals surface area contributed by atoms with Gasteiger partial charge in [-0.05, 0) is 18.6 Å². The molecule has 0 radical (unpaired) electrons. The predicted molar refractivity (Wildman–Crippen MR) is 83.6 cm³/mol. The number of amides is 1. The third-order valence-electron chi connectivity index (χ3n) is 3.61. The van der Waals surface area contributed by atoms with Gasteiger partial charge in [0.15, 0.2) is 0 Å². The van der Waals surface area contributed by atoms with Crippen LogP contribution >= 0.6 is 12.2 Å². The summed E-state index contributed by atoms with van der Waals surface area (Å²) in [6, 6.07) is 5.86. The molecule has 1 atom stereocenters. The van der Waals surface area contributed by atoms with Gasteiger partial charge in [-0.3, -0.25) is 4.79 Å². The number of nitrogens with two attached hydrogens (primary N) is 1. The highest BCUT2D eigenvalue weighted by atomic mass is 32.1. The lowest BCUT2D eigenvalue weighted by Crippen LogP contribution is -2.52. The molecule has 2 N–H and O–H groups in total. The maximum absolute atomic E-state index is 12.3. The number of nitrogens with zero attached hydrogens (tertiary/aromatic N) is 3. The number of anilines is 1. The highest BCUT2D eigenvalue weighted by molar-refractivity contribution is 7.80. The van der Waals surface area contributed by atoms with Crippen molar-refractivity contribution in [2.75, 3.05) is 31.1 Å². The molecule has 1 saturated heterocycles. The van der Waals surface area contributed by atoms with Crippen LogP contribution in [-0.2, 0) is 4.79 Å². The van der Waals surface area contributed by atoms with Crippen LogP contribution in [0.1, 0.15) is 13.3 Å². The van der Waals surface area contributed by atoms with Crippen LogP contribution in [0.2, 0.25) is 0 Å². The Labute approximate surface area is 124 Å². The molecule has 20 heavy (non-hydrogen) atoms. The molecule has 5 nitrogen and oxygen atoms in total.